The molecule has 0 bridgehead atoms. The first-order chi connectivity index (χ1) is 57.2. The zero-order valence-electron chi connectivity index (χ0n) is 70.1. The molecule has 0 fully saturated rings. The second-order valence-electron chi connectivity index (χ2n) is 26.0. The van der Waals surface area contributed by atoms with E-state index in [4.69, 9.17) is 76.7 Å². The number of phenols is 6. The number of fused-ring (bicyclic) bond motifs is 12. The van der Waals surface area contributed by atoms with Crippen LogP contribution in [0, 0.1) is 34.6 Å². The van der Waals surface area contributed by atoms with Crippen molar-refractivity contribution in [3.63, 3.8) is 0 Å². The van der Waals surface area contributed by atoms with Crippen molar-refractivity contribution < 1.29 is 435 Å². The molecule has 0 aliphatic heterocycles. The summed E-state index contributed by atoms with van der Waals surface area (Å²) in [5.41, 5.74) is -1.56. The minimum atomic E-state index is -0.703. The van der Waals surface area contributed by atoms with Gasteiger partial charge in [-0.1, -0.05) is 14.9 Å². The van der Waals surface area contributed by atoms with Gasteiger partial charge in [-0.3, -0.25) is 33.6 Å². The summed E-state index contributed by atoms with van der Waals surface area (Å²) in [6, 6.07) is 17.3. The first-order valence-electron chi connectivity index (χ1n) is 35.0. The number of hydrogen-bond donors (Lipinski definition) is 6. The van der Waals surface area contributed by atoms with Crippen LogP contribution in [0.4, 0.5) is 0 Å². The molecule has 7 aromatic carbocycles. The van der Waals surface area contributed by atoms with Gasteiger partial charge in [-0.25, -0.2) is 0 Å². The van der Waals surface area contributed by atoms with Crippen molar-refractivity contribution in [3.05, 3.63) is 208 Å². The molecular formula is C87H71BO35Rb5. The van der Waals surface area contributed by atoms with Crippen LogP contribution in [-0.4, -0.2) is 86.2 Å². The van der Waals surface area contributed by atoms with Crippen LogP contribution in [0.2, 0.25) is 0 Å². The molecule has 12 aromatic heterocycles. The maximum atomic E-state index is 12.1. The van der Waals surface area contributed by atoms with Gasteiger partial charge in [0.05, 0.1) is 117 Å². The summed E-state index contributed by atoms with van der Waals surface area (Å²) < 4.78 is 87.6. The van der Waals surface area contributed by atoms with Gasteiger partial charge in [-0.05, 0) is 120 Å². The Morgan fingerprint density at radius 2 is 0.477 bits per heavy atom. The minimum absolute atomic E-state index is 0. The van der Waals surface area contributed by atoms with Crippen LogP contribution in [0.1, 0.15) is 79.6 Å². The molecule has 12 heterocycles. The Bertz CT molecular complexity index is 7150. The van der Waals surface area contributed by atoms with E-state index in [1.54, 1.807) is 52.8 Å². The fourth-order valence-electron chi connectivity index (χ4n) is 13.5. The molecule has 35 nitrogen and oxygen atoms in total. The van der Waals surface area contributed by atoms with Gasteiger partial charge < -0.3 is 133 Å². The summed E-state index contributed by atoms with van der Waals surface area (Å²) in [5, 5.41) is 122. The van der Waals surface area contributed by atoms with Gasteiger partial charge in [0.15, 0.2) is 61.0 Å². The zero-order chi connectivity index (χ0) is 86.6. The topological polar surface area (TPSA) is 560 Å². The molecule has 19 aromatic rings. The summed E-state index contributed by atoms with van der Waals surface area (Å²) >= 11 is 0. The first kappa shape index (κ1) is 111. The molecule has 0 amide bonds. The molecule has 0 unspecified atom stereocenters. The van der Waals surface area contributed by atoms with Crippen molar-refractivity contribution in [1.29, 1.82) is 0 Å². The number of rotatable bonds is 7. The zero-order valence-corrected chi connectivity index (χ0v) is 94.6. The molecule has 0 saturated heterocycles. The quantitative estimate of drug-likeness (QED) is 0.0653. The second-order valence-corrected chi connectivity index (χ2v) is 26.0. The Morgan fingerprint density at radius 3 is 0.766 bits per heavy atom. The van der Waals surface area contributed by atoms with E-state index in [9.17, 15) is 89.7 Å². The van der Waals surface area contributed by atoms with Crippen molar-refractivity contribution in [2.45, 2.75) is 63.3 Å². The molecule has 0 spiro atoms. The molecule has 0 atom stereocenters. The molecular weight excluding hydrogens is 2040 g/mol. The maximum Gasteiger partial charge on any atom is 1.00 e. The molecule has 41 heteroatoms. The third-order valence-electron chi connectivity index (χ3n) is 18.5. The van der Waals surface area contributed by atoms with E-state index in [0.717, 1.165) is 0 Å². The number of hydrogen-bond acceptors (Lipinski definition) is 35. The number of ether oxygens (including phenoxy) is 5. The van der Waals surface area contributed by atoms with Crippen LogP contribution in [0.25, 0.3) is 132 Å². The van der Waals surface area contributed by atoms with Gasteiger partial charge in [0.2, 0.25) is 11.5 Å². The van der Waals surface area contributed by atoms with Gasteiger partial charge in [0.25, 0.3) is 0 Å². The van der Waals surface area contributed by atoms with Crippen molar-refractivity contribution in [2.24, 2.45) is 0 Å². The third-order valence-corrected chi connectivity index (χ3v) is 18.5. The van der Waals surface area contributed by atoms with E-state index in [-0.39, 0.29) is 482 Å². The number of carbonyl (C=O) groups is 2. The molecule has 6 N–H and O–H groups in total. The van der Waals surface area contributed by atoms with Crippen LogP contribution in [0.3, 0.4) is 0 Å². The summed E-state index contributed by atoms with van der Waals surface area (Å²) in [7, 11) is 7.05. The molecule has 0 aliphatic carbocycles. The number of aryl methyl sites for hydroxylation is 5. The Hall–Kier alpha value is -7.40. The van der Waals surface area contributed by atoms with Crippen LogP contribution in [0.5, 0.6) is 92.0 Å². The molecule has 128 heavy (non-hydrogen) atoms. The average molecular weight is 2120 g/mol. The normalized spacial score (nSPS) is 10.4. The SMILES string of the molecule is C.C.COc1c(C(C)=O)c(O)c([O-])c2occc12.COc1c(C(C)=O)c(O)c([O-])c2occc12.COc1c2ccoc2c(O)c2oc(C)cc(=O)c12.COc1c2ccoc2c([O-])c2oc(C)cc(=O)c12.COc1c2ccoc2c([O-])c2oc(C)cc(=O)c12.Cc1cc(=O)c2c(O)c3ccoc3c(O)c2o1.Cc1cc(=O)c2c(O)c3ccoc3c([O-])c2o1.[2HH].[B].[Rb+].[Rb+].[Rb+].[Rb+].[Rb+]. The van der Waals surface area contributed by atoms with E-state index in [1.807, 2.05) is 0 Å². The number of aromatic hydroxyl groups is 6. The Balaban J connectivity index is 0.000000312. The number of ketones is 2. The molecule has 19 rings (SSSR count). The van der Waals surface area contributed by atoms with Crippen LogP contribution < -0.4 is 367 Å². The van der Waals surface area contributed by atoms with Gasteiger partial charge >= 0.3 is 291 Å². The van der Waals surface area contributed by atoms with E-state index in [1.165, 1.54) is 148 Å². The number of benzene rings is 7. The predicted octanol–water partition coefficient (Wildman–Crippen LogP) is -0.689. The average Bonchev–Trinajstić information content (AvgIpc) is 1.75. The number of phenolic OH excluding ortho intramolecular Hbond substituents is 6. The van der Waals surface area contributed by atoms with E-state index >= 15 is 0 Å². The largest absolute Gasteiger partial charge is 1.00 e. The fourth-order valence-corrected chi connectivity index (χ4v) is 13.5. The van der Waals surface area contributed by atoms with E-state index in [2.05, 4.69) is 0 Å². The van der Waals surface area contributed by atoms with Gasteiger partial charge in [-0.2, -0.15) is 0 Å². The molecule has 0 aliphatic rings. The van der Waals surface area contributed by atoms with Gasteiger partial charge in [0, 0.05) is 40.2 Å². The fraction of sp³-hybridized carbons (Fsp3) is 0.161. The van der Waals surface area contributed by atoms with Crippen molar-refractivity contribution in [2.75, 3.05) is 35.5 Å². The van der Waals surface area contributed by atoms with E-state index in [0.29, 0.717) is 73.0 Å². The predicted molar refractivity (Wildman–Crippen MR) is 439 cm³/mol. The maximum absolute atomic E-state index is 12.1. The Morgan fingerprint density at radius 1 is 0.281 bits per heavy atom. The molecule has 3 radical (unpaired) electrons. The Kier molecular flexibility index (Phi) is 40.2. The smallest absolute Gasteiger partial charge is 0.867 e. The standard InChI is InChI=1S/3C13H10O5.2C12H8O5.2C11H10O5.2CH4.B.5Rb.H2/c3*1-6-5-8(14)9-11(16-2)7-3-4-17-12(7)10(15)13(9)18-6;2*1-5-4-7(13)8-9(14)6-2-3-16-11(6)10(15)12(8)17-5;2*1-5(12)7-8(13)9(14)11-6(3-4-16-11)10(7)15-2;;;;;;;;;/h3*3-5,15H,1-2H3;2*2-4,14-15H,1H3;2*3-4,13-14H,1-2H3;2*1H4;;;;;;;1H/q;;;;;;;;;;5*+1;/p-5/i;;;;;;;;;;;;;;;1+1. The van der Waals surface area contributed by atoms with Crippen LogP contribution >= 0.6 is 0 Å². The van der Waals surface area contributed by atoms with Crippen molar-refractivity contribution in [1.82, 2.24) is 0 Å². The summed E-state index contributed by atoms with van der Waals surface area (Å²) in [6.45, 7) is 10.5. The van der Waals surface area contributed by atoms with Gasteiger partial charge in [0.1, 0.15) is 163 Å². The Labute approximate surface area is 967 Å². The van der Waals surface area contributed by atoms with Crippen LogP contribution in [-0.2, 0) is 0 Å². The molecule has 0 saturated carbocycles. The first-order valence-corrected chi connectivity index (χ1v) is 35.0. The van der Waals surface area contributed by atoms with Gasteiger partial charge in [-0.15, -0.1) is 0 Å². The summed E-state index contributed by atoms with van der Waals surface area (Å²) in [6.07, 6.45) is 9.39. The third kappa shape index (κ3) is 20.8. The van der Waals surface area contributed by atoms with Crippen molar-refractivity contribution >= 4 is 152 Å². The number of Topliss-reactive ketones (excluding diaryl/α,β-unsaturated/α-hetero) is 2. The number of carbonyl (C=O) groups excluding carboxylic acids is 2. The molecule has 637 valence electrons. The minimum Gasteiger partial charge on any atom is -0.867 e. The monoisotopic (exact) mass is 2110 g/mol. The van der Waals surface area contributed by atoms with Crippen molar-refractivity contribution in [3.8, 4) is 92.0 Å². The number of furan rings is 7. The second kappa shape index (κ2) is 46.3. The number of methoxy groups -OCH3 is 5. The summed E-state index contributed by atoms with van der Waals surface area (Å²) in [4.78, 5) is 82.2. The van der Waals surface area contributed by atoms with Crippen LogP contribution in [0.15, 0.2) is 194 Å². The van der Waals surface area contributed by atoms with E-state index < -0.39 is 62.7 Å². The summed E-state index contributed by atoms with van der Waals surface area (Å²) in [5.74, 6) is -2.83.